The molecule has 0 atom stereocenters. The third-order valence-corrected chi connectivity index (χ3v) is 6.80. The van der Waals surface area contributed by atoms with E-state index in [1.807, 2.05) is 38.1 Å². The van der Waals surface area contributed by atoms with E-state index in [1.165, 1.54) is 11.3 Å². The van der Waals surface area contributed by atoms with Gasteiger partial charge in [-0.15, -0.1) is 0 Å². The van der Waals surface area contributed by atoms with Gasteiger partial charge in [0.05, 0.1) is 16.8 Å². The second-order valence-corrected chi connectivity index (χ2v) is 9.34. The van der Waals surface area contributed by atoms with Gasteiger partial charge < -0.3 is 19.5 Å². The first-order chi connectivity index (χ1) is 18.1. The van der Waals surface area contributed by atoms with Crippen molar-refractivity contribution in [2.75, 3.05) is 36.4 Å². The number of hydrogen-bond donors (Lipinski definition) is 1. The highest BCUT2D eigenvalue weighted by molar-refractivity contribution is 6.06. The van der Waals surface area contributed by atoms with Gasteiger partial charge in [-0.3, -0.25) is 9.69 Å². The van der Waals surface area contributed by atoms with Crippen molar-refractivity contribution in [3.63, 3.8) is 0 Å². The number of amides is 1. The number of piperazine rings is 1. The highest BCUT2D eigenvalue weighted by Crippen LogP contribution is 2.24. The molecule has 2 heterocycles. The average molecular weight is 497 g/mol. The van der Waals surface area contributed by atoms with E-state index >= 15 is 0 Å². The summed E-state index contributed by atoms with van der Waals surface area (Å²) in [6.45, 7) is 9.02. The Morgan fingerprint density at radius 2 is 1.62 bits per heavy atom. The van der Waals surface area contributed by atoms with Gasteiger partial charge in [0.2, 0.25) is 0 Å². The maximum atomic E-state index is 13.1. The third kappa shape index (κ3) is 6.01. The van der Waals surface area contributed by atoms with Crippen molar-refractivity contribution in [3.05, 3.63) is 107 Å². The fraction of sp³-hybridized carbons (Fsp3) is 0.267. The van der Waals surface area contributed by atoms with Crippen molar-refractivity contribution in [3.8, 4) is 5.75 Å². The lowest BCUT2D eigenvalue weighted by Gasteiger charge is -2.36. The van der Waals surface area contributed by atoms with E-state index in [2.05, 4.69) is 62.7 Å². The number of rotatable bonds is 8. The van der Waals surface area contributed by atoms with Crippen LogP contribution in [0, 0.1) is 13.8 Å². The lowest BCUT2D eigenvalue weighted by Crippen LogP contribution is -2.45. The van der Waals surface area contributed by atoms with Gasteiger partial charge in [0.15, 0.2) is 0 Å². The number of benzene rings is 3. The Labute approximate surface area is 217 Å². The van der Waals surface area contributed by atoms with E-state index in [-0.39, 0.29) is 5.91 Å². The van der Waals surface area contributed by atoms with Crippen LogP contribution >= 0.6 is 0 Å². The molecule has 0 spiro atoms. The molecule has 190 valence electrons. The van der Waals surface area contributed by atoms with E-state index in [1.54, 1.807) is 12.1 Å². The molecule has 1 aromatic heterocycles. The lowest BCUT2D eigenvalue weighted by molar-refractivity contribution is 0.102. The van der Waals surface area contributed by atoms with Crippen molar-refractivity contribution >= 4 is 17.3 Å². The molecule has 1 aliphatic heterocycles. The molecule has 1 saturated heterocycles. The highest BCUT2D eigenvalue weighted by Gasteiger charge is 2.18. The van der Waals surface area contributed by atoms with Gasteiger partial charge in [-0.05, 0) is 55.8 Å². The number of nitrogens with zero attached hydrogens (tertiary/aromatic N) is 3. The molecule has 1 aliphatic rings. The molecular weight excluding hydrogens is 464 g/mol. The monoisotopic (exact) mass is 496 g/mol. The minimum absolute atomic E-state index is 0.211. The van der Waals surface area contributed by atoms with Crippen molar-refractivity contribution in [2.24, 2.45) is 0 Å². The van der Waals surface area contributed by atoms with Gasteiger partial charge in [0, 0.05) is 44.1 Å². The molecule has 7 nitrogen and oxygen atoms in total. The molecule has 3 aromatic carbocycles. The van der Waals surface area contributed by atoms with Crippen molar-refractivity contribution in [1.82, 2.24) is 10.1 Å². The summed E-state index contributed by atoms with van der Waals surface area (Å²) in [5.74, 6) is 1.03. The van der Waals surface area contributed by atoms with Gasteiger partial charge in [0.25, 0.3) is 5.91 Å². The number of ether oxygens (including phenoxy) is 1. The van der Waals surface area contributed by atoms with E-state index in [0.717, 1.165) is 55.4 Å². The normalized spacial score (nSPS) is 13.9. The zero-order chi connectivity index (χ0) is 25.6. The van der Waals surface area contributed by atoms with Gasteiger partial charge in [-0.1, -0.05) is 47.6 Å². The molecule has 1 amide bonds. The van der Waals surface area contributed by atoms with Crippen LogP contribution in [0.1, 0.15) is 32.9 Å². The second kappa shape index (κ2) is 11.3. The molecule has 1 N–H and O–H groups in total. The second-order valence-electron chi connectivity index (χ2n) is 9.34. The molecular formula is C30H32N4O3. The molecule has 0 saturated carbocycles. The summed E-state index contributed by atoms with van der Waals surface area (Å²) in [6.07, 6.45) is 0. The first kappa shape index (κ1) is 24.6. The smallest absolute Gasteiger partial charge is 0.259 e. The van der Waals surface area contributed by atoms with E-state index in [9.17, 15) is 4.79 Å². The van der Waals surface area contributed by atoms with Crippen LogP contribution < -0.4 is 15.0 Å². The number of aryl methyl sites for hydroxylation is 2. The fourth-order valence-corrected chi connectivity index (χ4v) is 4.60. The van der Waals surface area contributed by atoms with Crippen LogP contribution in [0.4, 0.5) is 11.4 Å². The van der Waals surface area contributed by atoms with Crippen LogP contribution in [0.3, 0.4) is 0 Å². The van der Waals surface area contributed by atoms with Crippen LogP contribution in [0.2, 0.25) is 0 Å². The number of carbonyl (C=O) groups is 1. The first-order valence-electron chi connectivity index (χ1n) is 12.6. The molecule has 0 aliphatic carbocycles. The van der Waals surface area contributed by atoms with Crippen LogP contribution in [-0.4, -0.2) is 42.1 Å². The largest absolute Gasteiger partial charge is 0.488 e. The average Bonchev–Trinajstić information content (AvgIpc) is 3.25. The summed E-state index contributed by atoms with van der Waals surface area (Å²) in [7, 11) is 0. The minimum Gasteiger partial charge on any atom is -0.488 e. The predicted molar refractivity (Wildman–Crippen MR) is 145 cm³/mol. The highest BCUT2D eigenvalue weighted by atomic mass is 16.5. The molecule has 37 heavy (non-hydrogen) atoms. The fourth-order valence-electron chi connectivity index (χ4n) is 4.60. The minimum atomic E-state index is -0.211. The van der Waals surface area contributed by atoms with Gasteiger partial charge >= 0.3 is 0 Å². The Bertz CT molecular complexity index is 1310. The summed E-state index contributed by atoms with van der Waals surface area (Å²) in [5.41, 5.74) is 5.43. The molecule has 0 bridgehead atoms. The summed E-state index contributed by atoms with van der Waals surface area (Å²) >= 11 is 0. The van der Waals surface area contributed by atoms with Crippen molar-refractivity contribution in [2.45, 2.75) is 27.0 Å². The topological polar surface area (TPSA) is 70.8 Å². The number of hydrogen-bond acceptors (Lipinski definition) is 6. The Balaban J connectivity index is 1.16. The van der Waals surface area contributed by atoms with Crippen LogP contribution in [0.5, 0.6) is 5.75 Å². The predicted octanol–water partition coefficient (Wildman–Crippen LogP) is 5.44. The third-order valence-electron chi connectivity index (χ3n) is 6.80. The van der Waals surface area contributed by atoms with E-state index in [0.29, 0.717) is 17.9 Å². The van der Waals surface area contributed by atoms with E-state index in [4.69, 9.17) is 9.26 Å². The van der Waals surface area contributed by atoms with Gasteiger partial charge in [-0.25, -0.2) is 0 Å². The van der Waals surface area contributed by atoms with Crippen molar-refractivity contribution in [1.29, 1.82) is 0 Å². The number of anilines is 2. The number of nitrogens with one attached hydrogen (secondary N) is 1. The maximum absolute atomic E-state index is 13.1. The lowest BCUT2D eigenvalue weighted by atomic mass is 10.1. The van der Waals surface area contributed by atoms with Gasteiger partial charge in [-0.2, -0.15) is 0 Å². The molecule has 7 heteroatoms. The zero-order valence-corrected chi connectivity index (χ0v) is 21.3. The standard InChI is InChI=1S/C30H32N4O3/c1-22-28(23(2)37-32-22)21-36-29-11-7-6-10-27(29)30(35)31-25-12-14-26(15-13-25)34-18-16-33(17-19-34)20-24-8-4-3-5-9-24/h3-15H,16-21H2,1-2H3,(H,31,35). The summed E-state index contributed by atoms with van der Waals surface area (Å²) in [6, 6.07) is 25.9. The Kier molecular flexibility index (Phi) is 7.51. The Hall–Kier alpha value is -4.10. The summed E-state index contributed by atoms with van der Waals surface area (Å²) < 4.78 is 11.2. The number of para-hydroxylation sites is 1. The Morgan fingerprint density at radius 3 is 2.32 bits per heavy atom. The molecule has 0 radical (unpaired) electrons. The quantitative estimate of drug-likeness (QED) is 0.350. The Morgan fingerprint density at radius 1 is 0.919 bits per heavy atom. The SMILES string of the molecule is Cc1noc(C)c1COc1ccccc1C(=O)Nc1ccc(N2CCN(Cc3ccccc3)CC2)cc1. The zero-order valence-electron chi connectivity index (χ0n) is 21.3. The number of carbonyl (C=O) groups excluding carboxylic acids is 1. The van der Waals surface area contributed by atoms with Crippen LogP contribution in [0.15, 0.2) is 83.4 Å². The van der Waals surface area contributed by atoms with E-state index < -0.39 is 0 Å². The van der Waals surface area contributed by atoms with Crippen LogP contribution in [0.25, 0.3) is 0 Å². The summed E-state index contributed by atoms with van der Waals surface area (Å²) in [4.78, 5) is 18.0. The number of aromatic nitrogens is 1. The molecule has 5 rings (SSSR count). The van der Waals surface area contributed by atoms with Crippen LogP contribution in [-0.2, 0) is 13.2 Å². The van der Waals surface area contributed by atoms with Gasteiger partial charge in [0.1, 0.15) is 18.1 Å². The summed E-state index contributed by atoms with van der Waals surface area (Å²) in [5, 5.41) is 6.97. The molecule has 1 fully saturated rings. The van der Waals surface area contributed by atoms with Crippen molar-refractivity contribution < 1.29 is 14.1 Å². The first-order valence-corrected chi connectivity index (χ1v) is 12.6. The maximum Gasteiger partial charge on any atom is 0.259 e. The molecule has 0 unspecified atom stereocenters. The molecule has 4 aromatic rings.